The number of aromatic nitrogens is 1. The topological polar surface area (TPSA) is 18.1 Å². The van der Waals surface area contributed by atoms with E-state index in [1.54, 1.807) is 0 Å². The van der Waals surface area contributed by atoms with Crippen LogP contribution in [0.5, 0.6) is 0 Å². The third kappa shape index (κ3) is 4.26. The Morgan fingerprint density at radius 2 is 1.35 bits per heavy atom. The number of rotatable bonds is 4. The summed E-state index contributed by atoms with van der Waals surface area (Å²) in [6, 6.07) is 45.8. The number of allylic oxidation sites excluding steroid dienone is 4. The smallest absolute Gasteiger partial charge is 0.143 e. The molecule has 1 aliphatic rings. The van der Waals surface area contributed by atoms with Crippen molar-refractivity contribution in [2.75, 3.05) is 0 Å². The summed E-state index contributed by atoms with van der Waals surface area (Å²) in [5.41, 5.74) is 12.8. The van der Waals surface area contributed by atoms with Crippen LogP contribution in [-0.4, -0.2) is 4.57 Å². The molecule has 0 unspecified atom stereocenters. The van der Waals surface area contributed by atoms with Gasteiger partial charge < -0.3 is 8.98 Å². The van der Waals surface area contributed by atoms with Gasteiger partial charge in [-0.1, -0.05) is 116 Å². The molecular weight excluding hydrogens is 558 g/mol. The lowest BCUT2D eigenvalue weighted by Crippen LogP contribution is -1.92. The van der Waals surface area contributed by atoms with Gasteiger partial charge in [-0.15, -0.1) is 0 Å². The van der Waals surface area contributed by atoms with Crippen LogP contribution in [-0.2, 0) is 0 Å². The van der Waals surface area contributed by atoms with E-state index in [9.17, 15) is 0 Å². The Kier molecular flexibility index (Phi) is 6.58. The Bertz CT molecular complexity index is 2510. The van der Waals surface area contributed by atoms with Crippen LogP contribution in [0.1, 0.15) is 13.8 Å². The summed E-state index contributed by atoms with van der Waals surface area (Å²) in [6.07, 6.45) is 3.80. The fourth-order valence-electron chi connectivity index (χ4n) is 7.02. The van der Waals surface area contributed by atoms with Gasteiger partial charge in [-0.05, 0) is 84.0 Å². The van der Waals surface area contributed by atoms with Crippen molar-refractivity contribution in [2.45, 2.75) is 13.8 Å². The zero-order valence-electron chi connectivity index (χ0n) is 26.0. The highest BCUT2D eigenvalue weighted by atomic mass is 16.3. The van der Waals surface area contributed by atoms with Crippen molar-refractivity contribution in [3.63, 3.8) is 0 Å². The highest BCUT2D eigenvalue weighted by Crippen LogP contribution is 2.52. The molecule has 0 amide bonds. The fraction of sp³-hybridized carbons (Fsp3) is 0.0455. The first-order chi connectivity index (χ1) is 22.6. The van der Waals surface area contributed by atoms with E-state index in [0.717, 1.165) is 22.5 Å². The maximum Gasteiger partial charge on any atom is 0.143 e. The predicted octanol–water partition coefficient (Wildman–Crippen LogP) is 12.7. The van der Waals surface area contributed by atoms with Crippen molar-refractivity contribution in [3.05, 3.63) is 164 Å². The molecule has 0 atom stereocenters. The summed E-state index contributed by atoms with van der Waals surface area (Å²) in [4.78, 5) is 0. The van der Waals surface area contributed by atoms with Crippen LogP contribution in [0.25, 0.3) is 82.8 Å². The van der Waals surface area contributed by atoms with E-state index in [-0.39, 0.29) is 0 Å². The average Bonchev–Trinajstić information content (AvgIpc) is 3.74. The Morgan fingerprint density at radius 3 is 2.07 bits per heavy atom. The molecule has 2 aromatic heterocycles. The van der Waals surface area contributed by atoms with Crippen LogP contribution in [0.2, 0.25) is 0 Å². The van der Waals surface area contributed by atoms with Gasteiger partial charge in [0.05, 0.1) is 11.0 Å². The zero-order valence-corrected chi connectivity index (χ0v) is 26.0. The lowest BCUT2D eigenvalue weighted by molar-refractivity contribution is 0.634. The maximum atomic E-state index is 6.45. The van der Waals surface area contributed by atoms with E-state index in [4.69, 9.17) is 4.42 Å². The van der Waals surface area contributed by atoms with Gasteiger partial charge in [0.25, 0.3) is 0 Å². The van der Waals surface area contributed by atoms with Gasteiger partial charge in [-0.25, -0.2) is 0 Å². The molecule has 0 saturated heterocycles. The van der Waals surface area contributed by atoms with Crippen molar-refractivity contribution in [2.24, 2.45) is 0 Å². The molecule has 2 nitrogen and oxygen atoms in total. The van der Waals surface area contributed by atoms with E-state index < -0.39 is 0 Å². The minimum atomic E-state index is 0.937. The second-order valence-corrected chi connectivity index (χ2v) is 11.9. The first kappa shape index (κ1) is 27.7. The molecule has 220 valence electrons. The predicted molar refractivity (Wildman–Crippen MR) is 197 cm³/mol. The highest BCUT2D eigenvalue weighted by molar-refractivity contribution is 6.20. The zero-order chi connectivity index (χ0) is 31.4. The first-order valence-corrected chi connectivity index (χ1v) is 15.7. The van der Waals surface area contributed by atoms with Crippen LogP contribution in [0.15, 0.2) is 168 Å². The largest absolute Gasteiger partial charge is 0.455 e. The third-order valence-electron chi connectivity index (χ3n) is 9.15. The number of furan rings is 1. The summed E-state index contributed by atoms with van der Waals surface area (Å²) in [7, 11) is 0. The Balaban J connectivity index is 0.000000349. The van der Waals surface area contributed by atoms with E-state index in [0.29, 0.717) is 0 Å². The maximum absolute atomic E-state index is 6.45. The molecule has 0 N–H and O–H groups in total. The monoisotopic (exact) mass is 591 g/mol. The number of hydrogen-bond donors (Lipinski definition) is 0. The molecule has 9 rings (SSSR count). The normalized spacial score (nSPS) is 12.0. The molecule has 6 aromatic carbocycles. The second kappa shape index (κ2) is 10.9. The summed E-state index contributed by atoms with van der Waals surface area (Å²) < 4.78 is 8.81. The van der Waals surface area contributed by atoms with E-state index in [2.05, 4.69) is 145 Å². The Labute approximate surface area is 268 Å². The second-order valence-electron chi connectivity index (χ2n) is 11.9. The van der Waals surface area contributed by atoms with Gasteiger partial charge in [0.1, 0.15) is 11.3 Å². The van der Waals surface area contributed by atoms with Crippen LogP contribution in [0.4, 0.5) is 0 Å². The van der Waals surface area contributed by atoms with Crippen molar-refractivity contribution in [1.29, 1.82) is 0 Å². The molecule has 0 saturated carbocycles. The summed E-state index contributed by atoms with van der Waals surface area (Å²) in [6.45, 7) is 11.3. The molecule has 0 spiro atoms. The molecule has 2 heteroatoms. The van der Waals surface area contributed by atoms with E-state index in [1.165, 1.54) is 71.5 Å². The van der Waals surface area contributed by atoms with Gasteiger partial charge in [-0.3, -0.25) is 0 Å². The van der Waals surface area contributed by atoms with Crippen LogP contribution >= 0.6 is 0 Å². The van der Waals surface area contributed by atoms with Gasteiger partial charge >= 0.3 is 0 Å². The quantitative estimate of drug-likeness (QED) is 0.186. The van der Waals surface area contributed by atoms with Crippen molar-refractivity contribution >= 4 is 43.5 Å². The van der Waals surface area contributed by atoms with Gasteiger partial charge in [-0.2, -0.15) is 0 Å². The highest BCUT2D eigenvalue weighted by Gasteiger charge is 2.27. The molecule has 0 radical (unpaired) electrons. The molecular formula is C44H33NO. The molecule has 8 aromatic rings. The van der Waals surface area contributed by atoms with Crippen molar-refractivity contribution in [3.8, 4) is 39.3 Å². The molecule has 0 fully saturated rings. The van der Waals surface area contributed by atoms with E-state index in [1.807, 2.05) is 26.0 Å². The molecule has 2 heterocycles. The van der Waals surface area contributed by atoms with Crippen LogP contribution < -0.4 is 0 Å². The number of benzene rings is 6. The lowest BCUT2D eigenvalue weighted by atomic mass is 9.98. The van der Waals surface area contributed by atoms with Crippen LogP contribution in [0.3, 0.4) is 0 Å². The van der Waals surface area contributed by atoms with Crippen LogP contribution in [0, 0.1) is 0 Å². The number of para-hydroxylation sites is 2. The molecule has 1 aliphatic carbocycles. The number of hydrogen-bond acceptors (Lipinski definition) is 1. The number of nitrogens with zero attached hydrogens (tertiary/aromatic N) is 1. The molecule has 0 aliphatic heterocycles. The minimum absolute atomic E-state index is 0.937. The molecule has 46 heavy (non-hydrogen) atoms. The first-order valence-electron chi connectivity index (χ1n) is 15.7. The van der Waals surface area contributed by atoms with Crippen molar-refractivity contribution in [1.82, 2.24) is 4.57 Å². The van der Waals surface area contributed by atoms with Gasteiger partial charge in [0, 0.05) is 38.4 Å². The minimum Gasteiger partial charge on any atom is -0.455 e. The summed E-state index contributed by atoms with van der Waals surface area (Å²) in [5, 5.41) is 6.26. The average molecular weight is 592 g/mol. The summed E-state index contributed by atoms with van der Waals surface area (Å²) in [5.74, 6) is 0.991. The fourth-order valence-corrected chi connectivity index (χ4v) is 7.02. The third-order valence-corrected chi connectivity index (χ3v) is 9.15. The number of fused-ring (bicyclic) bond motifs is 8. The standard InChI is InChI=1S/C36H21NO.C8H12/c1-2-10-25(11-3-1)37-31-15-5-4-12-26(31)29-20-23(16-18-32(29)37)24-17-19-33-30(21-24)35-27-13-6-8-22-9-7-14-28(34(22)27)36(35)38-33;1-5-8(6-2)7(3)4/h1-21H;5-6H,1,3H2,2,4H3/b;8-6-. The van der Waals surface area contributed by atoms with Gasteiger partial charge in [0.2, 0.25) is 0 Å². The summed E-state index contributed by atoms with van der Waals surface area (Å²) >= 11 is 0. The SMILES string of the molecule is C=C/C(=C/C)C(=C)C.c1ccc(-n2c3ccccc3c3cc(-c4ccc5oc6c(c5c4)-c4cccc5cccc-6c45)ccc32)cc1. The van der Waals surface area contributed by atoms with Gasteiger partial charge in [0.15, 0.2) is 0 Å². The Morgan fingerprint density at radius 1 is 0.674 bits per heavy atom. The molecule has 0 bridgehead atoms. The Hall–Kier alpha value is -5.86. The van der Waals surface area contributed by atoms with E-state index >= 15 is 0 Å². The van der Waals surface area contributed by atoms with Crippen molar-refractivity contribution < 1.29 is 4.42 Å². The lowest BCUT2D eigenvalue weighted by Gasteiger charge is -2.08.